The van der Waals surface area contributed by atoms with E-state index in [1.165, 1.54) is 5.19 Å². The summed E-state index contributed by atoms with van der Waals surface area (Å²) in [6.07, 6.45) is 2.18. The Bertz CT molecular complexity index is 2170. The molecule has 7 aromatic rings. The average molecular weight is 811 g/mol. The van der Waals surface area contributed by atoms with Crippen LogP contribution in [0.15, 0.2) is 126 Å². The summed E-state index contributed by atoms with van der Waals surface area (Å²) < 4.78 is 23.6. The Morgan fingerprint density at radius 3 is 2.21 bits per heavy atom. The molecule has 0 fully saturated rings. The van der Waals surface area contributed by atoms with E-state index in [1.54, 1.807) is 12.3 Å². The number of hydrogen-bond donors (Lipinski definition) is 0. The molecule has 0 spiro atoms. The van der Waals surface area contributed by atoms with Gasteiger partial charge in [-0.05, 0) is 51.6 Å². The van der Waals surface area contributed by atoms with Crippen molar-refractivity contribution in [1.29, 1.82) is 0 Å². The Balaban J connectivity index is 0.000000233. The van der Waals surface area contributed by atoms with Gasteiger partial charge in [-0.25, -0.2) is 0 Å². The molecule has 4 aromatic carbocycles. The van der Waals surface area contributed by atoms with Crippen LogP contribution in [0.2, 0.25) is 19.6 Å². The van der Waals surface area contributed by atoms with E-state index in [0.29, 0.717) is 16.8 Å². The maximum absolute atomic E-state index is 8.64. The number of pyridine rings is 2. The van der Waals surface area contributed by atoms with Gasteiger partial charge in [0.25, 0.3) is 0 Å². The molecule has 0 saturated heterocycles. The van der Waals surface area contributed by atoms with Crippen molar-refractivity contribution in [2.45, 2.75) is 46.8 Å². The summed E-state index contributed by atoms with van der Waals surface area (Å²) in [7, 11) is -1.23. The predicted octanol–water partition coefficient (Wildman–Crippen LogP) is 10.8. The maximum atomic E-state index is 8.64. The third-order valence-corrected chi connectivity index (χ3v) is 9.72. The Hall–Kier alpha value is -4.15. The minimum Gasteiger partial charge on any atom is -0.501 e. The van der Waals surface area contributed by atoms with Crippen molar-refractivity contribution in [3.63, 3.8) is 0 Å². The monoisotopic (exact) mass is 811 g/mol. The molecule has 47 heavy (non-hydrogen) atoms. The van der Waals surface area contributed by atoms with E-state index in [4.69, 9.17) is 7.16 Å². The van der Waals surface area contributed by atoms with Gasteiger partial charge in [0.15, 0.2) is 0 Å². The summed E-state index contributed by atoms with van der Waals surface area (Å²) in [5, 5.41) is 3.43. The number of furan rings is 1. The molecule has 0 amide bonds. The van der Waals surface area contributed by atoms with Crippen LogP contribution in [0.3, 0.4) is 0 Å². The van der Waals surface area contributed by atoms with Crippen molar-refractivity contribution in [1.82, 2.24) is 9.97 Å². The summed E-state index contributed by atoms with van der Waals surface area (Å²) in [6.45, 7) is 12.7. The number of nitrogens with zero attached hydrogens (tertiary/aromatic N) is 2. The molecule has 0 aliphatic rings. The van der Waals surface area contributed by atoms with Gasteiger partial charge in [-0.2, -0.15) is 0 Å². The van der Waals surface area contributed by atoms with Crippen molar-refractivity contribution in [3.05, 3.63) is 139 Å². The smallest absolute Gasteiger partial charge is 0.121 e. The topological polar surface area (TPSA) is 38.9 Å². The molecule has 7 rings (SSSR count). The molecule has 0 aliphatic carbocycles. The molecule has 3 heterocycles. The zero-order chi connectivity index (χ0) is 34.1. The number of rotatable bonds is 5. The van der Waals surface area contributed by atoms with Crippen LogP contribution < -0.4 is 5.19 Å². The van der Waals surface area contributed by atoms with Crippen LogP contribution in [-0.4, -0.2) is 18.0 Å². The van der Waals surface area contributed by atoms with Crippen molar-refractivity contribution in [3.8, 4) is 33.6 Å². The van der Waals surface area contributed by atoms with Crippen LogP contribution in [0.4, 0.5) is 0 Å². The van der Waals surface area contributed by atoms with Crippen molar-refractivity contribution >= 4 is 35.2 Å². The Morgan fingerprint density at radius 1 is 0.745 bits per heavy atom. The third-order valence-electron chi connectivity index (χ3n) is 7.69. The van der Waals surface area contributed by atoms with Gasteiger partial charge in [0, 0.05) is 40.6 Å². The van der Waals surface area contributed by atoms with Gasteiger partial charge in [-0.15, -0.1) is 54.1 Å². The SMILES string of the molecule is C[Si](C)(C)c1ccc(-c2[c-]cccc2)nc1.[2H]C([2H])(c1ccnc(-c2[c-]ccc3c2oc2cc(-c4ccccc4)ccc23)c1)C(C)(C)C.[Ir]. The van der Waals surface area contributed by atoms with Crippen LogP contribution >= 0.6 is 0 Å². The first-order valence-corrected chi connectivity index (χ1v) is 19.2. The molecule has 239 valence electrons. The first-order valence-electron chi connectivity index (χ1n) is 16.7. The van der Waals surface area contributed by atoms with Gasteiger partial charge in [-0.1, -0.05) is 118 Å². The van der Waals surface area contributed by atoms with Crippen LogP contribution in [-0.2, 0) is 26.5 Å². The van der Waals surface area contributed by atoms with E-state index in [2.05, 4.69) is 84.2 Å². The van der Waals surface area contributed by atoms with Gasteiger partial charge >= 0.3 is 0 Å². The fraction of sp³-hybridized carbons (Fsp3) is 0.190. The van der Waals surface area contributed by atoms with Gasteiger partial charge in [0.1, 0.15) is 5.58 Å². The molecule has 0 N–H and O–H groups in total. The molecule has 0 aliphatic heterocycles. The van der Waals surface area contributed by atoms with E-state index in [9.17, 15) is 0 Å². The quantitative estimate of drug-likeness (QED) is 0.128. The molecule has 3 aromatic heterocycles. The Labute approximate surface area is 296 Å². The zero-order valence-electron chi connectivity index (χ0n) is 29.7. The first kappa shape index (κ1) is 31.4. The fourth-order valence-electron chi connectivity index (χ4n) is 5.37. The van der Waals surface area contributed by atoms with E-state index in [1.807, 2.05) is 87.6 Å². The Kier molecular flexibility index (Phi) is 9.58. The molecule has 0 unspecified atom stereocenters. The standard InChI is InChI=1S/C28H24NO.C14H16NSi.Ir/c1-28(2,3)18-19-14-15-29-25(16-19)24-11-7-10-23-22-13-12-21(17-26(22)30-27(23)24)20-8-5-4-6-9-20;1-16(2,3)13-9-10-14(15-11-13)12-7-5-4-6-8-12;/h4-10,12-17H,18H2,1-3H3;4-7,9-11H,1-3H3;/q2*-1;/i18D2;;. The van der Waals surface area contributed by atoms with E-state index < -0.39 is 19.9 Å². The first-order chi connectivity index (χ1) is 22.8. The summed E-state index contributed by atoms with van der Waals surface area (Å²) >= 11 is 0. The van der Waals surface area contributed by atoms with Crippen LogP contribution in [0.5, 0.6) is 0 Å². The number of benzene rings is 4. The van der Waals surface area contributed by atoms with Crippen molar-refractivity contribution in [2.75, 3.05) is 0 Å². The van der Waals surface area contributed by atoms with Gasteiger partial charge in [-0.3, -0.25) is 0 Å². The van der Waals surface area contributed by atoms with E-state index in [-0.39, 0.29) is 20.1 Å². The van der Waals surface area contributed by atoms with E-state index in [0.717, 1.165) is 44.3 Å². The van der Waals surface area contributed by atoms with E-state index >= 15 is 0 Å². The largest absolute Gasteiger partial charge is 0.501 e. The van der Waals surface area contributed by atoms with Gasteiger partial charge in [0.2, 0.25) is 0 Å². The second kappa shape index (κ2) is 14.3. The molecule has 0 saturated carbocycles. The van der Waals surface area contributed by atoms with Crippen LogP contribution in [0, 0.1) is 17.5 Å². The fourth-order valence-corrected chi connectivity index (χ4v) is 6.40. The molecule has 0 atom stereocenters. The van der Waals surface area contributed by atoms with Crippen LogP contribution in [0.25, 0.3) is 55.6 Å². The minimum atomic E-state index is -1.50. The van der Waals surface area contributed by atoms with Crippen LogP contribution in [0.1, 0.15) is 29.1 Å². The van der Waals surface area contributed by atoms with Crippen molar-refractivity contribution < 1.29 is 27.3 Å². The normalized spacial score (nSPS) is 12.5. The second-order valence-corrected chi connectivity index (χ2v) is 18.6. The maximum Gasteiger partial charge on any atom is 0.121 e. The molecule has 0 bridgehead atoms. The average Bonchev–Trinajstić information content (AvgIpc) is 3.47. The molecular formula is C42H40IrN2OSi-2. The number of fused-ring (bicyclic) bond motifs is 3. The Morgan fingerprint density at radius 2 is 1.53 bits per heavy atom. The minimum absolute atomic E-state index is 0. The number of aromatic nitrogens is 2. The summed E-state index contributed by atoms with van der Waals surface area (Å²) in [5.74, 6) is 0. The third kappa shape index (κ3) is 8.23. The molecule has 3 nitrogen and oxygen atoms in total. The van der Waals surface area contributed by atoms with Gasteiger partial charge in [0.05, 0.1) is 13.7 Å². The van der Waals surface area contributed by atoms with Gasteiger partial charge < -0.3 is 14.4 Å². The summed E-state index contributed by atoms with van der Waals surface area (Å²) in [6, 6.07) is 42.7. The molecule has 5 heteroatoms. The summed E-state index contributed by atoms with van der Waals surface area (Å²) in [4.78, 5) is 9.05. The predicted molar refractivity (Wildman–Crippen MR) is 196 cm³/mol. The zero-order valence-corrected chi connectivity index (χ0v) is 31.1. The molecule has 1 radical (unpaired) electrons. The second-order valence-electron chi connectivity index (χ2n) is 13.5. The van der Waals surface area contributed by atoms with Crippen molar-refractivity contribution in [2.24, 2.45) is 5.41 Å². The molecular weight excluding hydrogens is 769 g/mol. The number of hydrogen-bond acceptors (Lipinski definition) is 3. The summed E-state index contributed by atoms with van der Waals surface area (Å²) in [5.41, 5.74) is 7.28.